The van der Waals surface area contributed by atoms with Crippen molar-refractivity contribution in [3.63, 3.8) is 0 Å². The van der Waals surface area contributed by atoms with E-state index in [0.717, 1.165) is 39.3 Å². The highest BCUT2D eigenvalue weighted by atomic mass is 15.2. The molecule has 0 spiro atoms. The highest BCUT2D eigenvalue weighted by molar-refractivity contribution is 5.93. The van der Waals surface area contributed by atoms with Crippen molar-refractivity contribution in [3.8, 4) is 11.1 Å². The van der Waals surface area contributed by atoms with Gasteiger partial charge in [0.15, 0.2) is 0 Å². The van der Waals surface area contributed by atoms with E-state index in [1.807, 2.05) is 12.3 Å². The van der Waals surface area contributed by atoms with Gasteiger partial charge < -0.3 is 4.90 Å². The van der Waals surface area contributed by atoms with Gasteiger partial charge in [-0.3, -0.25) is 0 Å². The molecule has 0 bridgehead atoms. The van der Waals surface area contributed by atoms with Gasteiger partial charge in [-0.2, -0.15) is 0 Å². The van der Waals surface area contributed by atoms with Crippen molar-refractivity contribution in [2.24, 2.45) is 0 Å². The Balaban J connectivity index is 1.75. The maximum absolute atomic E-state index is 4.70. The SMILES string of the molecule is C=C1c2ccccc2/C=C\N(c2ccc(C)cn2)c2cc(-c3ccccc3)ccc21. The second-order valence-corrected chi connectivity index (χ2v) is 7.54. The molecule has 0 saturated heterocycles. The number of pyridine rings is 1. The number of fused-ring (bicyclic) bond motifs is 2. The van der Waals surface area contributed by atoms with Crippen LogP contribution in [0.25, 0.3) is 22.8 Å². The van der Waals surface area contributed by atoms with E-state index in [4.69, 9.17) is 4.98 Å². The lowest BCUT2D eigenvalue weighted by Gasteiger charge is -2.27. The van der Waals surface area contributed by atoms with Crippen molar-refractivity contribution >= 4 is 23.2 Å². The van der Waals surface area contributed by atoms with E-state index in [1.54, 1.807) is 0 Å². The van der Waals surface area contributed by atoms with Crippen LogP contribution in [0.2, 0.25) is 0 Å². The molecule has 4 aromatic rings. The first kappa shape index (κ1) is 18.1. The minimum atomic E-state index is 0.885. The summed E-state index contributed by atoms with van der Waals surface area (Å²) in [6.45, 7) is 6.52. The highest BCUT2D eigenvalue weighted by Crippen LogP contribution is 2.40. The predicted octanol–water partition coefficient (Wildman–Crippen LogP) is 7.24. The maximum atomic E-state index is 4.70. The topological polar surface area (TPSA) is 16.1 Å². The molecule has 1 aliphatic heterocycles. The van der Waals surface area contributed by atoms with Crippen LogP contribution >= 0.6 is 0 Å². The standard InChI is InChI=1S/C28H22N2/c1-20-12-15-28(29-19-20)30-17-16-23-10-6-7-11-25(23)21(2)26-14-13-24(18-27(26)30)22-8-4-3-5-9-22/h3-19H,2H2,1H3/b17-16-. The van der Waals surface area contributed by atoms with Crippen molar-refractivity contribution < 1.29 is 0 Å². The van der Waals surface area contributed by atoms with Gasteiger partial charge in [0.2, 0.25) is 0 Å². The zero-order chi connectivity index (χ0) is 20.5. The summed E-state index contributed by atoms with van der Waals surface area (Å²) < 4.78 is 0. The van der Waals surface area contributed by atoms with E-state index >= 15 is 0 Å². The Hall–Kier alpha value is -3.91. The van der Waals surface area contributed by atoms with Gasteiger partial charge >= 0.3 is 0 Å². The molecule has 0 radical (unpaired) electrons. The van der Waals surface area contributed by atoms with Crippen molar-refractivity contribution in [1.29, 1.82) is 0 Å². The fourth-order valence-electron chi connectivity index (χ4n) is 3.90. The largest absolute Gasteiger partial charge is 0.301 e. The van der Waals surface area contributed by atoms with Gasteiger partial charge in [-0.05, 0) is 58.5 Å². The van der Waals surface area contributed by atoms with Crippen LogP contribution in [0, 0.1) is 6.92 Å². The quantitative estimate of drug-likeness (QED) is 0.361. The van der Waals surface area contributed by atoms with Crippen molar-refractivity contribution in [2.75, 3.05) is 4.90 Å². The van der Waals surface area contributed by atoms with E-state index < -0.39 is 0 Å². The van der Waals surface area contributed by atoms with Crippen LogP contribution in [0.5, 0.6) is 0 Å². The Bertz CT molecular complexity index is 1250. The van der Waals surface area contributed by atoms with Crippen LogP contribution in [-0.2, 0) is 0 Å². The number of rotatable bonds is 2. The summed E-state index contributed by atoms with van der Waals surface area (Å²) in [5.41, 5.74) is 8.99. The van der Waals surface area contributed by atoms with Crippen LogP contribution in [-0.4, -0.2) is 4.98 Å². The van der Waals surface area contributed by atoms with Crippen LogP contribution in [0.3, 0.4) is 0 Å². The van der Waals surface area contributed by atoms with Crippen LogP contribution in [0.15, 0.2) is 104 Å². The Kier molecular flexibility index (Phi) is 4.53. The lowest BCUT2D eigenvalue weighted by atomic mass is 9.90. The summed E-state index contributed by atoms with van der Waals surface area (Å²) in [4.78, 5) is 6.86. The molecule has 1 aromatic heterocycles. The van der Waals surface area contributed by atoms with E-state index in [1.165, 1.54) is 11.1 Å². The summed E-state index contributed by atoms with van der Waals surface area (Å²) >= 11 is 0. The summed E-state index contributed by atoms with van der Waals surface area (Å²) in [7, 11) is 0. The van der Waals surface area contributed by atoms with Crippen molar-refractivity contribution in [3.05, 3.63) is 126 Å². The molecule has 30 heavy (non-hydrogen) atoms. The molecular weight excluding hydrogens is 364 g/mol. The average molecular weight is 386 g/mol. The Morgan fingerprint density at radius 1 is 0.767 bits per heavy atom. The Morgan fingerprint density at radius 2 is 1.57 bits per heavy atom. The number of benzene rings is 3. The normalized spacial score (nSPS) is 13.8. The molecule has 0 fully saturated rings. The van der Waals surface area contributed by atoms with Gasteiger partial charge in [0.25, 0.3) is 0 Å². The number of anilines is 2. The molecule has 0 aliphatic carbocycles. The summed E-state index contributed by atoms with van der Waals surface area (Å²) in [6, 6.07) is 29.6. The van der Waals surface area contributed by atoms with Gasteiger partial charge in [0, 0.05) is 18.0 Å². The van der Waals surface area contributed by atoms with E-state index in [-0.39, 0.29) is 0 Å². The van der Waals surface area contributed by atoms with Crippen LogP contribution < -0.4 is 4.90 Å². The molecule has 2 heteroatoms. The molecule has 1 aliphatic rings. The molecule has 5 rings (SSSR count). The van der Waals surface area contributed by atoms with E-state index in [0.29, 0.717) is 0 Å². The molecule has 3 aromatic carbocycles. The maximum Gasteiger partial charge on any atom is 0.137 e. The molecular formula is C28H22N2. The molecule has 0 atom stereocenters. The zero-order valence-electron chi connectivity index (χ0n) is 16.9. The fourth-order valence-corrected chi connectivity index (χ4v) is 3.90. The third-order valence-electron chi connectivity index (χ3n) is 5.52. The first-order valence-electron chi connectivity index (χ1n) is 10.1. The zero-order valence-corrected chi connectivity index (χ0v) is 16.9. The first-order valence-corrected chi connectivity index (χ1v) is 10.1. The molecule has 2 nitrogen and oxygen atoms in total. The van der Waals surface area contributed by atoms with Gasteiger partial charge in [-0.25, -0.2) is 4.98 Å². The minimum absolute atomic E-state index is 0.885. The Labute approximate surface area is 177 Å². The smallest absolute Gasteiger partial charge is 0.137 e. The number of hydrogen-bond acceptors (Lipinski definition) is 2. The number of hydrogen-bond donors (Lipinski definition) is 0. The van der Waals surface area contributed by atoms with E-state index in [9.17, 15) is 0 Å². The molecule has 0 saturated carbocycles. The van der Waals surface area contributed by atoms with Gasteiger partial charge in [0.1, 0.15) is 5.82 Å². The van der Waals surface area contributed by atoms with E-state index in [2.05, 4.69) is 110 Å². The first-order chi connectivity index (χ1) is 14.7. The lowest BCUT2D eigenvalue weighted by Crippen LogP contribution is -2.14. The molecule has 144 valence electrons. The predicted molar refractivity (Wildman–Crippen MR) is 127 cm³/mol. The van der Waals surface area contributed by atoms with Crippen molar-refractivity contribution in [1.82, 2.24) is 4.98 Å². The second kappa shape index (κ2) is 7.49. The molecule has 0 unspecified atom stereocenters. The van der Waals surface area contributed by atoms with Gasteiger partial charge in [-0.1, -0.05) is 79.4 Å². The molecule has 0 amide bonds. The summed E-state index contributed by atoms with van der Waals surface area (Å²) in [5, 5.41) is 0. The van der Waals surface area contributed by atoms with Crippen LogP contribution in [0.1, 0.15) is 22.3 Å². The second-order valence-electron chi connectivity index (χ2n) is 7.54. The minimum Gasteiger partial charge on any atom is -0.301 e. The third kappa shape index (κ3) is 3.23. The monoisotopic (exact) mass is 386 g/mol. The fraction of sp³-hybridized carbons (Fsp3) is 0.0357. The third-order valence-corrected chi connectivity index (χ3v) is 5.52. The number of aromatic nitrogens is 1. The molecule has 2 heterocycles. The van der Waals surface area contributed by atoms with Gasteiger partial charge in [-0.15, -0.1) is 0 Å². The van der Waals surface area contributed by atoms with Gasteiger partial charge in [0.05, 0.1) is 5.69 Å². The highest BCUT2D eigenvalue weighted by Gasteiger charge is 2.19. The summed E-state index contributed by atoms with van der Waals surface area (Å²) in [6.07, 6.45) is 6.15. The van der Waals surface area contributed by atoms with Crippen LogP contribution in [0.4, 0.5) is 11.5 Å². The lowest BCUT2D eigenvalue weighted by molar-refractivity contribution is 1.16. The Morgan fingerprint density at radius 3 is 2.37 bits per heavy atom. The number of aryl methyl sites for hydroxylation is 1. The summed E-state index contributed by atoms with van der Waals surface area (Å²) in [5.74, 6) is 0.885. The molecule has 0 N–H and O–H groups in total. The number of nitrogens with zero attached hydrogens (tertiary/aromatic N) is 2. The average Bonchev–Trinajstić information content (AvgIpc) is 2.80. The van der Waals surface area contributed by atoms with Crippen molar-refractivity contribution in [2.45, 2.75) is 6.92 Å².